The molecule has 0 fully saturated rings. The fraction of sp³-hybridized carbons (Fsp3) is 0.148. The summed E-state index contributed by atoms with van der Waals surface area (Å²) in [6, 6.07) is 32.3. The van der Waals surface area contributed by atoms with E-state index in [1.165, 1.54) is 15.9 Å². The van der Waals surface area contributed by atoms with Gasteiger partial charge in [0.1, 0.15) is 23.2 Å². The fourth-order valence-corrected chi connectivity index (χ4v) is 7.62. The lowest BCUT2D eigenvalue weighted by Gasteiger charge is -2.26. The predicted molar refractivity (Wildman–Crippen MR) is 130 cm³/mol. The summed E-state index contributed by atoms with van der Waals surface area (Å²) >= 11 is 0. The van der Waals surface area contributed by atoms with E-state index in [9.17, 15) is 4.79 Å². The minimum absolute atomic E-state index is 0.296. The first-order valence-corrected chi connectivity index (χ1v) is 12.2. The summed E-state index contributed by atoms with van der Waals surface area (Å²) in [5, 5.41) is 4.04. The largest absolute Gasteiger partial charge is 0.463 e. The Balaban J connectivity index is 2.08. The molecule has 2 nitrogen and oxygen atoms in total. The minimum Gasteiger partial charge on any atom is -0.463 e. The van der Waals surface area contributed by atoms with Gasteiger partial charge in [0.25, 0.3) is 0 Å². The highest BCUT2D eigenvalue weighted by Gasteiger charge is 2.43. The third kappa shape index (κ3) is 5.14. The average Bonchev–Trinajstić information content (AvgIpc) is 2.79. The minimum atomic E-state index is -1.89. The van der Waals surface area contributed by atoms with Gasteiger partial charge in [0, 0.05) is 6.08 Å². The van der Waals surface area contributed by atoms with Crippen molar-refractivity contribution in [2.45, 2.75) is 13.8 Å². The topological polar surface area (TPSA) is 26.3 Å². The lowest BCUT2D eigenvalue weighted by Crippen LogP contribution is -2.32. The normalized spacial score (nSPS) is 12.1. The molecule has 0 saturated carbocycles. The molecule has 30 heavy (non-hydrogen) atoms. The van der Waals surface area contributed by atoms with Crippen molar-refractivity contribution < 1.29 is 9.53 Å². The first kappa shape index (κ1) is 21.7. The van der Waals surface area contributed by atoms with Gasteiger partial charge >= 0.3 is 5.97 Å². The molecule has 0 aliphatic heterocycles. The maximum absolute atomic E-state index is 11.8. The lowest BCUT2D eigenvalue weighted by atomic mass is 10.2. The van der Waals surface area contributed by atoms with Gasteiger partial charge in [0.15, 0.2) is 0 Å². The summed E-state index contributed by atoms with van der Waals surface area (Å²) < 4.78 is 5.03. The number of benzene rings is 3. The van der Waals surface area contributed by atoms with E-state index in [-0.39, 0.29) is 5.97 Å². The second-order valence-corrected chi connectivity index (χ2v) is 10.6. The Bertz CT molecular complexity index is 896. The molecule has 3 heteroatoms. The van der Waals surface area contributed by atoms with Crippen LogP contribution in [0.4, 0.5) is 0 Å². The van der Waals surface area contributed by atoms with Crippen LogP contribution < -0.4 is 15.9 Å². The summed E-state index contributed by atoms with van der Waals surface area (Å²) in [6.45, 7) is 4.13. The van der Waals surface area contributed by atoms with Crippen LogP contribution in [0.5, 0.6) is 0 Å². The van der Waals surface area contributed by atoms with Gasteiger partial charge in [0.05, 0.1) is 12.8 Å². The first-order valence-electron chi connectivity index (χ1n) is 10.2. The van der Waals surface area contributed by atoms with Crippen molar-refractivity contribution >= 4 is 29.1 Å². The van der Waals surface area contributed by atoms with Gasteiger partial charge < -0.3 is 4.74 Å². The number of esters is 1. The molecule has 0 N–H and O–H groups in total. The zero-order valence-electron chi connectivity index (χ0n) is 17.6. The van der Waals surface area contributed by atoms with E-state index in [1.807, 2.05) is 19.9 Å². The quantitative estimate of drug-likeness (QED) is 0.223. The van der Waals surface area contributed by atoms with Gasteiger partial charge in [0.2, 0.25) is 0 Å². The summed E-state index contributed by atoms with van der Waals surface area (Å²) in [5.41, 5.74) is 0.890. The summed E-state index contributed by atoms with van der Waals surface area (Å²) in [6.07, 6.45) is 6.65. The van der Waals surface area contributed by atoms with Crippen LogP contribution >= 0.6 is 7.26 Å². The molecular formula is C27H28O2P+. The van der Waals surface area contributed by atoms with E-state index in [2.05, 4.69) is 97.1 Å². The standard InChI is InChI=1S/C27H28O2P/c1-3-29-27(28)22-23(2)14-13-21-30(24-15-7-4-8-16-24,25-17-9-5-10-18-25)26-19-11-6-12-20-26/h4-20,22H,3,21H2,1-2H3/q+1/b14-13+,23-22+. The molecule has 3 aromatic rings. The molecule has 0 aliphatic rings. The average molecular weight is 415 g/mol. The van der Waals surface area contributed by atoms with Crippen molar-refractivity contribution in [3.8, 4) is 0 Å². The van der Waals surface area contributed by atoms with Crippen molar-refractivity contribution in [3.05, 3.63) is 115 Å². The molecule has 0 heterocycles. The molecule has 0 aliphatic carbocycles. The molecule has 0 aromatic heterocycles. The van der Waals surface area contributed by atoms with Crippen LogP contribution in [-0.2, 0) is 9.53 Å². The smallest absolute Gasteiger partial charge is 0.330 e. The van der Waals surface area contributed by atoms with Crippen LogP contribution in [0.3, 0.4) is 0 Å². The Morgan fingerprint density at radius 3 is 1.63 bits per heavy atom. The molecule has 3 aromatic carbocycles. The number of rotatable bonds is 8. The van der Waals surface area contributed by atoms with Crippen LogP contribution in [0.2, 0.25) is 0 Å². The van der Waals surface area contributed by atoms with E-state index in [0.29, 0.717) is 6.61 Å². The number of hydrogen-bond acceptors (Lipinski definition) is 2. The summed E-state index contributed by atoms with van der Waals surface area (Å²) in [7, 11) is -1.89. The Hall–Kier alpha value is -2.96. The van der Waals surface area contributed by atoms with Crippen LogP contribution in [0.1, 0.15) is 13.8 Å². The molecule has 0 spiro atoms. The van der Waals surface area contributed by atoms with Crippen LogP contribution in [0, 0.1) is 0 Å². The molecule has 152 valence electrons. The predicted octanol–water partition coefficient (Wildman–Crippen LogP) is 5.05. The van der Waals surface area contributed by atoms with Crippen molar-refractivity contribution in [1.29, 1.82) is 0 Å². The van der Waals surface area contributed by atoms with Gasteiger partial charge in [-0.1, -0.05) is 60.7 Å². The number of carbonyl (C=O) groups excluding carboxylic acids is 1. The van der Waals surface area contributed by atoms with Gasteiger partial charge in [-0.3, -0.25) is 0 Å². The fourth-order valence-electron chi connectivity index (χ4n) is 3.63. The molecule has 0 bridgehead atoms. The van der Waals surface area contributed by atoms with Crippen molar-refractivity contribution in [3.63, 3.8) is 0 Å². The molecule has 0 radical (unpaired) electrons. The number of ether oxygens (including phenoxy) is 1. The Morgan fingerprint density at radius 2 is 1.23 bits per heavy atom. The van der Waals surface area contributed by atoms with Gasteiger partial charge in [-0.05, 0) is 61.9 Å². The third-order valence-corrected chi connectivity index (χ3v) is 9.28. The lowest BCUT2D eigenvalue weighted by molar-refractivity contribution is -0.137. The second-order valence-electron chi connectivity index (χ2n) is 7.04. The SMILES string of the molecule is CCOC(=O)/C=C(C)/C=C/C[P+](c1ccccc1)(c1ccccc1)c1ccccc1. The summed E-state index contributed by atoms with van der Waals surface area (Å²) in [5.74, 6) is -0.296. The maximum atomic E-state index is 11.8. The van der Waals surface area contributed by atoms with E-state index in [0.717, 1.165) is 11.7 Å². The van der Waals surface area contributed by atoms with Crippen LogP contribution in [-0.4, -0.2) is 18.7 Å². The molecule has 0 amide bonds. The van der Waals surface area contributed by atoms with E-state index in [1.54, 1.807) is 6.08 Å². The van der Waals surface area contributed by atoms with Crippen molar-refractivity contribution in [1.82, 2.24) is 0 Å². The van der Waals surface area contributed by atoms with E-state index in [4.69, 9.17) is 4.74 Å². The van der Waals surface area contributed by atoms with Crippen LogP contribution in [0.15, 0.2) is 115 Å². The van der Waals surface area contributed by atoms with Crippen molar-refractivity contribution in [2.24, 2.45) is 0 Å². The third-order valence-electron chi connectivity index (χ3n) is 4.98. The highest BCUT2D eigenvalue weighted by Crippen LogP contribution is 2.55. The second kappa shape index (κ2) is 10.7. The Morgan fingerprint density at radius 1 is 0.800 bits per heavy atom. The molecule has 3 rings (SSSR count). The van der Waals surface area contributed by atoms with Gasteiger partial charge in [-0.25, -0.2) is 4.79 Å². The highest BCUT2D eigenvalue weighted by molar-refractivity contribution is 7.95. The van der Waals surface area contributed by atoms with E-state index >= 15 is 0 Å². The molecule has 0 saturated heterocycles. The van der Waals surface area contributed by atoms with Gasteiger partial charge in [-0.15, -0.1) is 0 Å². The Kier molecular flexibility index (Phi) is 7.76. The summed E-state index contributed by atoms with van der Waals surface area (Å²) in [4.78, 5) is 11.8. The van der Waals surface area contributed by atoms with Crippen molar-refractivity contribution in [2.75, 3.05) is 12.8 Å². The van der Waals surface area contributed by atoms with Crippen LogP contribution in [0.25, 0.3) is 0 Å². The molecule has 0 unspecified atom stereocenters. The zero-order valence-corrected chi connectivity index (χ0v) is 18.5. The molecular weight excluding hydrogens is 387 g/mol. The number of carbonyl (C=O) groups is 1. The highest BCUT2D eigenvalue weighted by atomic mass is 31.2. The molecule has 0 atom stereocenters. The monoisotopic (exact) mass is 415 g/mol. The first-order chi connectivity index (χ1) is 14.7. The Labute approximate surface area is 180 Å². The number of allylic oxidation sites excluding steroid dienone is 3. The maximum Gasteiger partial charge on any atom is 0.330 e. The van der Waals surface area contributed by atoms with E-state index < -0.39 is 7.26 Å². The van der Waals surface area contributed by atoms with Gasteiger partial charge in [-0.2, -0.15) is 0 Å². The number of hydrogen-bond donors (Lipinski definition) is 0. The zero-order chi connectivity index (χ0) is 21.2.